The van der Waals surface area contributed by atoms with Crippen LogP contribution in [0.15, 0.2) is 22.6 Å². The van der Waals surface area contributed by atoms with Gasteiger partial charge in [0.05, 0.1) is 0 Å². The van der Waals surface area contributed by atoms with E-state index in [1.807, 2.05) is 39.1 Å². The Bertz CT molecular complexity index is 490. The molecule has 0 saturated carbocycles. The van der Waals surface area contributed by atoms with Gasteiger partial charge in [-0.3, -0.25) is 0 Å². The first kappa shape index (κ1) is 11.1. The van der Waals surface area contributed by atoms with E-state index in [1.54, 1.807) is 0 Å². The van der Waals surface area contributed by atoms with E-state index in [0.717, 1.165) is 16.7 Å². The predicted octanol–water partition coefficient (Wildman–Crippen LogP) is 1.74. The lowest BCUT2D eigenvalue weighted by molar-refractivity contribution is 0.502. The molecule has 4 nitrogen and oxygen atoms in total. The molecule has 0 radical (unpaired) electrons. The summed E-state index contributed by atoms with van der Waals surface area (Å²) < 4.78 is 5.50. The van der Waals surface area contributed by atoms with Crippen LogP contribution in [0.4, 0.5) is 0 Å². The van der Waals surface area contributed by atoms with Crippen LogP contribution in [-0.2, 0) is 0 Å². The van der Waals surface area contributed by atoms with Crippen molar-refractivity contribution >= 4 is 11.1 Å². The van der Waals surface area contributed by atoms with Crippen molar-refractivity contribution < 1.29 is 4.42 Å². The molecule has 16 heavy (non-hydrogen) atoms. The molecule has 0 fully saturated rings. The van der Waals surface area contributed by atoms with Crippen molar-refractivity contribution in [3.05, 3.63) is 29.7 Å². The summed E-state index contributed by atoms with van der Waals surface area (Å²) in [6.45, 7) is 3.83. The zero-order chi connectivity index (χ0) is 11.7. The molecule has 0 spiro atoms. The smallest absolute Gasteiger partial charge is 0.192 e. The van der Waals surface area contributed by atoms with E-state index in [4.69, 9.17) is 10.2 Å². The Kier molecular flexibility index (Phi) is 2.94. The zero-order valence-corrected chi connectivity index (χ0v) is 9.82. The summed E-state index contributed by atoms with van der Waals surface area (Å²) in [6, 6.07) is 6.18. The average molecular weight is 219 g/mol. The van der Waals surface area contributed by atoms with Crippen molar-refractivity contribution in [3.8, 4) is 0 Å². The molecule has 2 rings (SSSR count). The summed E-state index contributed by atoms with van der Waals surface area (Å²) in [6.07, 6.45) is 0. The molecule has 2 unspecified atom stereocenters. The maximum atomic E-state index is 5.92. The van der Waals surface area contributed by atoms with Crippen molar-refractivity contribution in [3.63, 3.8) is 0 Å². The number of rotatable bonds is 3. The molecule has 1 aromatic carbocycles. The molecule has 2 aromatic rings. The molecule has 0 amide bonds. The fourth-order valence-corrected chi connectivity index (χ4v) is 1.98. The molecule has 0 aliphatic rings. The molecule has 3 N–H and O–H groups in total. The number of nitrogens with zero attached hydrogens (tertiary/aromatic N) is 1. The SMILES string of the molecule is CNC(c1ccc2nc(C)oc2c1)C(C)N. The lowest BCUT2D eigenvalue weighted by Crippen LogP contribution is -2.33. The third-order valence-corrected chi connectivity index (χ3v) is 2.72. The molecular weight excluding hydrogens is 202 g/mol. The summed E-state index contributed by atoms with van der Waals surface area (Å²) in [7, 11) is 1.91. The molecule has 4 heteroatoms. The van der Waals surface area contributed by atoms with E-state index in [2.05, 4.69) is 10.3 Å². The second-order valence-corrected chi connectivity index (χ2v) is 4.09. The number of likely N-dealkylation sites (N-methyl/N-ethyl adjacent to an activating group) is 1. The molecular formula is C12H17N3O. The molecule has 0 aliphatic carbocycles. The second kappa shape index (κ2) is 4.23. The van der Waals surface area contributed by atoms with Gasteiger partial charge in [0.2, 0.25) is 0 Å². The van der Waals surface area contributed by atoms with Crippen LogP contribution in [0.25, 0.3) is 11.1 Å². The summed E-state index contributed by atoms with van der Waals surface area (Å²) in [4.78, 5) is 4.27. The first-order chi connectivity index (χ1) is 7.61. The maximum Gasteiger partial charge on any atom is 0.192 e. The van der Waals surface area contributed by atoms with E-state index in [0.29, 0.717) is 5.89 Å². The first-order valence-electron chi connectivity index (χ1n) is 5.41. The number of aromatic nitrogens is 1. The second-order valence-electron chi connectivity index (χ2n) is 4.09. The van der Waals surface area contributed by atoms with E-state index in [-0.39, 0.29) is 12.1 Å². The first-order valence-corrected chi connectivity index (χ1v) is 5.41. The third kappa shape index (κ3) is 1.94. The van der Waals surface area contributed by atoms with Crippen LogP contribution in [0.2, 0.25) is 0 Å². The summed E-state index contributed by atoms with van der Waals surface area (Å²) in [5.74, 6) is 0.689. The number of benzene rings is 1. The number of nitrogens with one attached hydrogen (secondary N) is 1. The van der Waals surface area contributed by atoms with Gasteiger partial charge in [-0.2, -0.15) is 0 Å². The van der Waals surface area contributed by atoms with Gasteiger partial charge >= 0.3 is 0 Å². The molecule has 2 atom stereocenters. The molecule has 0 aliphatic heterocycles. The number of hydrogen-bond donors (Lipinski definition) is 2. The quantitative estimate of drug-likeness (QED) is 0.825. The van der Waals surface area contributed by atoms with Crippen LogP contribution < -0.4 is 11.1 Å². The Morgan fingerprint density at radius 3 is 2.81 bits per heavy atom. The van der Waals surface area contributed by atoms with Gasteiger partial charge in [0.25, 0.3) is 0 Å². The molecule has 0 saturated heterocycles. The van der Waals surface area contributed by atoms with Crippen LogP contribution in [-0.4, -0.2) is 18.1 Å². The van der Waals surface area contributed by atoms with E-state index >= 15 is 0 Å². The lowest BCUT2D eigenvalue weighted by atomic mass is 10.0. The standard InChI is InChI=1S/C12H17N3O/c1-7(13)12(14-3)9-4-5-10-11(6-9)16-8(2)15-10/h4-7,12,14H,13H2,1-3H3. The van der Waals surface area contributed by atoms with E-state index < -0.39 is 0 Å². The number of hydrogen-bond acceptors (Lipinski definition) is 4. The Balaban J connectivity index is 2.44. The minimum Gasteiger partial charge on any atom is -0.441 e. The third-order valence-electron chi connectivity index (χ3n) is 2.72. The summed E-state index contributed by atoms with van der Waals surface area (Å²) in [5.41, 5.74) is 8.75. The van der Waals surface area contributed by atoms with Crippen molar-refractivity contribution in [2.75, 3.05) is 7.05 Å². The van der Waals surface area contributed by atoms with Crippen LogP contribution in [0.3, 0.4) is 0 Å². The summed E-state index contributed by atoms with van der Waals surface area (Å²) >= 11 is 0. The normalized spacial score (nSPS) is 15.2. The van der Waals surface area contributed by atoms with Gasteiger partial charge in [-0.15, -0.1) is 0 Å². The largest absolute Gasteiger partial charge is 0.441 e. The highest BCUT2D eigenvalue weighted by atomic mass is 16.3. The molecule has 1 heterocycles. The minimum atomic E-state index is 0.0477. The van der Waals surface area contributed by atoms with Crippen molar-refractivity contribution in [2.24, 2.45) is 5.73 Å². The molecule has 0 bridgehead atoms. The van der Waals surface area contributed by atoms with Gasteiger partial charge in [0, 0.05) is 19.0 Å². The van der Waals surface area contributed by atoms with Crippen molar-refractivity contribution in [1.82, 2.24) is 10.3 Å². The van der Waals surface area contributed by atoms with E-state index in [1.165, 1.54) is 0 Å². The Hall–Kier alpha value is -1.39. The van der Waals surface area contributed by atoms with Crippen molar-refractivity contribution in [2.45, 2.75) is 25.9 Å². The van der Waals surface area contributed by atoms with Crippen LogP contribution in [0.1, 0.15) is 24.4 Å². The summed E-state index contributed by atoms with van der Waals surface area (Å²) in [5, 5.41) is 3.20. The monoisotopic (exact) mass is 219 g/mol. The fourth-order valence-electron chi connectivity index (χ4n) is 1.98. The van der Waals surface area contributed by atoms with Crippen LogP contribution in [0, 0.1) is 6.92 Å². The highest BCUT2D eigenvalue weighted by Crippen LogP contribution is 2.22. The van der Waals surface area contributed by atoms with Gasteiger partial charge in [-0.25, -0.2) is 4.98 Å². The fraction of sp³-hybridized carbons (Fsp3) is 0.417. The van der Waals surface area contributed by atoms with Crippen LogP contribution >= 0.6 is 0 Å². The minimum absolute atomic E-state index is 0.0477. The Morgan fingerprint density at radius 2 is 2.19 bits per heavy atom. The van der Waals surface area contributed by atoms with Gasteiger partial charge in [0.1, 0.15) is 5.52 Å². The molecule has 1 aromatic heterocycles. The zero-order valence-electron chi connectivity index (χ0n) is 9.82. The van der Waals surface area contributed by atoms with E-state index in [9.17, 15) is 0 Å². The van der Waals surface area contributed by atoms with Gasteiger partial charge in [0.15, 0.2) is 11.5 Å². The average Bonchev–Trinajstić information content (AvgIpc) is 2.57. The van der Waals surface area contributed by atoms with Crippen LogP contribution in [0.5, 0.6) is 0 Å². The highest BCUT2D eigenvalue weighted by Gasteiger charge is 2.15. The van der Waals surface area contributed by atoms with Crippen molar-refractivity contribution in [1.29, 1.82) is 0 Å². The number of fused-ring (bicyclic) bond motifs is 1. The number of nitrogens with two attached hydrogens (primary N) is 1. The number of aryl methyl sites for hydroxylation is 1. The highest BCUT2D eigenvalue weighted by molar-refractivity contribution is 5.73. The van der Waals surface area contributed by atoms with Gasteiger partial charge < -0.3 is 15.5 Å². The number of oxazole rings is 1. The molecule has 86 valence electrons. The topological polar surface area (TPSA) is 64.1 Å². The lowest BCUT2D eigenvalue weighted by Gasteiger charge is -2.20. The Morgan fingerprint density at radius 1 is 1.44 bits per heavy atom. The Labute approximate surface area is 94.8 Å². The maximum absolute atomic E-state index is 5.92. The predicted molar refractivity (Wildman–Crippen MR) is 64.2 cm³/mol. The van der Waals surface area contributed by atoms with Gasteiger partial charge in [-0.1, -0.05) is 6.07 Å². The van der Waals surface area contributed by atoms with Gasteiger partial charge in [-0.05, 0) is 31.7 Å².